The first-order valence-corrected chi connectivity index (χ1v) is 9.67. The molecule has 0 unspecified atom stereocenters. The predicted molar refractivity (Wildman–Crippen MR) is 105 cm³/mol. The van der Waals surface area contributed by atoms with Gasteiger partial charge in [0.2, 0.25) is 5.82 Å². The van der Waals surface area contributed by atoms with Gasteiger partial charge in [-0.3, -0.25) is 0 Å². The minimum absolute atomic E-state index is 0.0252. The lowest BCUT2D eigenvalue weighted by Gasteiger charge is -2.41. The highest BCUT2D eigenvalue weighted by molar-refractivity contribution is 6.30. The maximum absolute atomic E-state index is 12.9. The Bertz CT molecular complexity index is 959. The third kappa shape index (κ3) is 3.98. The molecular formula is C20H22ClN5O2. The maximum atomic E-state index is 12.9. The summed E-state index contributed by atoms with van der Waals surface area (Å²) in [6.07, 6.45) is 0. The van der Waals surface area contributed by atoms with Crippen LogP contribution >= 0.6 is 11.6 Å². The Balaban J connectivity index is 1.47. The molecule has 0 bridgehead atoms. The summed E-state index contributed by atoms with van der Waals surface area (Å²) in [5.74, 6) is 7.50. The van der Waals surface area contributed by atoms with Crippen LogP contribution in [0.1, 0.15) is 31.1 Å². The summed E-state index contributed by atoms with van der Waals surface area (Å²) < 4.78 is 7.68. The van der Waals surface area contributed by atoms with Crippen molar-refractivity contribution in [1.29, 1.82) is 0 Å². The summed E-state index contributed by atoms with van der Waals surface area (Å²) in [5.41, 5.74) is 0.514. The van der Waals surface area contributed by atoms with Crippen LogP contribution in [-0.2, 0) is 17.8 Å². The maximum Gasteiger partial charge on any atom is 0.320 e. The standard InChI is InChI=1S/C20H22ClN5O2/c1-20(2)14-25(10-11-28-20)19(27)24-8-9-26-17(22-23-18(26)13-24)7-6-15-4-3-5-16(21)12-15/h3-5,12H,8-11,13-14H2,1-2H3. The van der Waals surface area contributed by atoms with Crippen molar-refractivity contribution in [3.8, 4) is 11.8 Å². The second kappa shape index (κ2) is 7.46. The molecule has 1 aromatic carbocycles. The summed E-state index contributed by atoms with van der Waals surface area (Å²) in [6.45, 7) is 7.44. The monoisotopic (exact) mass is 399 g/mol. The van der Waals surface area contributed by atoms with E-state index in [4.69, 9.17) is 16.3 Å². The molecule has 28 heavy (non-hydrogen) atoms. The lowest BCUT2D eigenvalue weighted by Crippen LogP contribution is -2.55. The fourth-order valence-corrected chi connectivity index (χ4v) is 3.68. The summed E-state index contributed by atoms with van der Waals surface area (Å²) in [6, 6.07) is 7.41. The van der Waals surface area contributed by atoms with Crippen molar-refractivity contribution in [1.82, 2.24) is 24.6 Å². The van der Waals surface area contributed by atoms with Gasteiger partial charge in [-0.15, -0.1) is 10.2 Å². The second-order valence-corrected chi connectivity index (χ2v) is 8.02. The van der Waals surface area contributed by atoms with Gasteiger partial charge in [0.05, 0.1) is 25.3 Å². The number of nitrogens with zero attached hydrogens (tertiary/aromatic N) is 5. The molecule has 0 radical (unpaired) electrons. The fourth-order valence-electron chi connectivity index (χ4n) is 3.49. The van der Waals surface area contributed by atoms with Gasteiger partial charge < -0.3 is 19.1 Å². The van der Waals surface area contributed by atoms with Gasteiger partial charge in [0.15, 0.2) is 5.82 Å². The average molecular weight is 400 g/mol. The van der Waals surface area contributed by atoms with Crippen LogP contribution in [0.5, 0.6) is 0 Å². The third-order valence-corrected chi connectivity index (χ3v) is 5.10. The molecule has 8 heteroatoms. The van der Waals surface area contributed by atoms with Gasteiger partial charge in [-0.1, -0.05) is 23.6 Å². The molecule has 1 aromatic heterocycles. The lowest BCUT2D eigenvalue weighted by molar-refractivity contribution is -0.0769. The summed E-state index contributed by atoms with van der Waals surface area (Å²) in [4.78, 5) is 16.6. The second-order valence-electron chi connectivity index (χ2n) is 7.59. The van der Waals surface area contributed by atoms with Gasteiger partial charge in [-0.2, -0.15) is 0 Å². The van der Waals surface area contributed by atoms with Gasteiger partial charge in [0.1, 0.15) is 0 Å². The molecule has 1 saturated heterocycles. The molecule has 0 aliphatic carbocycles. The molecule has 3 heterocycles. The van der Waals surface area contributed by atoms with E-state index in [1.165, 1.54) is 0 Å². The normalized spacial score (nSPS) is 18.2. The van der Waals surface area contributed by atoms with Crippen LogP contribution in [0.15, 0.2) is 24.3 Å². The predicted octanol–water partition coefficient (Wildman–Crippen LogP) is 2.38. The number of rotatable bonds is 0. The molecule has 7 nitrogen and oxygen atoms in total. The number of carbonyl (C=O) groups is 1. The summed E-state index contributed by atoms with van der Waals surface area (Å²) in [7, 11) is 0. The average Bonchev–Trinajstić information content (AvgIpc) is 3.07. The number of benzene rings is 1. The Hall–Kier alpha value is -2.56. The highest BCUT2D eigenvalue weighted by atomic mass is 35.5. The zero-order chi connectivity index (χ0) is 19.7. The van der Waals surface area contributed by atoms with E-state index in [9.17, 15) is 4.79 Å². The van der Waals surface area contributed by atoms with Crippen molar-refractivity contribution in [2.45, 2.75) is 32.5 Å². The molecular weight excluding hydrogens is 378 g/mol. The van der Waals surface area contributed by atoms with E-state index >= 15 is 0 Å². The first-order valence-electron chi connectivity index (χ1n) is 9.29. The smallest absolute Gasteiger partial charge is 0.320 e. The van der Waals surface area contributed by atoms with Crippen molar-refractivity contribution < 1.29 is 9.53 Å². The van der Waals surface area contributed by atoms with Gasteiger partial charge in [0.25, 0.3) is 0 Å². The third-order valence-electron chi connectivity index (χ3n) is 4.86. The number of fused-ring (bicyclic) bond motifs is 1. The van der Waals surface area contributed by atoms with Crippen LogP contribution in [0.2, 0.25) is 5.02 Å². The van der Waals surface area contributed by atoms with Gasteiger partial charge in [-0.25, -0.2) is 4.79 Å². The molecule has 0 N–H and O–H groups in total. The van der Waals surface area contributed by atoms with Crippen LogP contribution in [-0.4, -0.2) is 62.4 Å². The van der Waals surface area contributed by atoms with E-state index in [0.29, 0.717) is 50.2 Å². The van der Waals surface area contributed by atoms with E-state index in [-0.39, 0.29) is 11.6 Å². The molecule has 0 atom stereocenters. The quantitative estimate of drug-likeness (QED) is 0.638. The molecule has 2 amide bonds. The number of hydrogen-bond acceptors (Lipinski definition) is 4. The van der Waals surface area contributed by atoms with Gasteiger partial charge in [0, 0.05) is 30.2 Å². The summed E-state index contributed by atoms with van der Waals surface area (Å²) in [5, 5.41) is 9.09. The number of urea groups is 1. The highest BCUT2D eigenvalue weighted by Gasteiger charge is 2.33. The minimum atomic E-state index is -0.313. The molecule has 0 spiro atoms. The number of amides is 2. The topological polar surface area (TPSA) is 63.5 Å². The first kappa shape index (κ1) is 18.8. The Morgan fingerprint density at radius 2 is 2.04 bits per heavy atom. The number of carbonyl (C=O) groups excluding carboxylic acids is 1. The molecule has 2 aliphatic rings. The van der Waals surface area contributed by atoms with E-state index in [2.05, 4.69) is 22.0 Å². The van der Waals surface area contributed by atoms with Crippen molar-refractivity contribution >= 4 is 17.6 Å². The largest absolute Gasteiger partial charge is 0.372 e. The van der Waals surface area contributed by atoms with Crippen LogP contribution in [0, 0.1) is 11.8 Å². The first-order chi connectivity index (χ1) is 13.4. The summed E-state index contributed by atoms with van der Waals surface area (Å²) >= 11 is 6.00. The molecule has 146 valence electrons. The van der Waals surface area contributed by atoms with Crippen molar-refractivity contribution in [3.63, 3.8) is 0 Å². The molecule has 4 rings (SSSR count). The van der Waals surface area contributed by atoms with Gasteiger partial charge >= 0.3 is 6.03 Å². The molecule has 2 aliphatic heterocycles. The van der Waals surface area contributed by atoms with Crippen molar-refractivity contribution in [2.24, 2.45) is 0 Å². The van der Waals surface area contributed by atoms with Crippen molar-refractivity contribution in [3.05, 3.63) is 46.5 Å². The Morgan fingerprint density at radius 3 is 2.82 bits per heavy atom. The van der Waals surface area contributed by atoms with Crippen LogP contribution in [0.3, 0.4) is 0 Å². The van der Waals surface area contributed by atoms with Crippen LogP contribution in [0.25, 0.3) is 0 Å². The highest BCUT2D eigenvalue weighted by Crippen LogP contribution is 2.20. The number of morpholine rings is 1. The van der Waals surface area contributed by atoms with E-state index < -0.39 is 0 Å². The Labute approximate surface area is 169 Å². The lowest BCUT2D eigenvalue weighted by atomic mass is 10.1. The van der Waals surface area contributed by atoms with E-state index in [1.54, 1.807) is 0 Å². The zero-order valence-corrected chi connectivity index (χ0v) is 16.7. The van der Waals surface area contributed by atoms with Crippen LogP contribution < -0.4 is 0 Å². The molecule has 1 fully saturated rings. The van der Waals surface area contributed by atoms with Crippen LogP contribution in [0.4, 0.5) is 4.79 Å². The zero-order valence-electron chi connectivity index (χ0n) is 16.0. The molecule has 2 aromatic rings. The number of halogens is 1. The van der Waals surface area contributed by atoms with Gasteiger partial charge in [-0.05, 0) is 38.0 Å². The van der Waals surface area contributed by atoms with E-state index in [0.717, 1.165) is 11.4 Å². The fraction of sp³-hybridized carbons (Fsp3) is 0.450. The minimum Gasteiger partial charge on any atom is -0.372 e. The number of hydrogen-bond donors (Lipinski definition) is 0. The van der Waals surface area contributed by atoms with Crippen molar-refractivity contribution in [2.75, 3.05) is 26.2 Å². The number of aromatic nitrogens is 3. The molecule has 0 saturated carbocycles. The SMILES string of the molecule is CC1(C)CN(C(=O)N2CCn3c(C#Cc4cccc(Cl)c4)nnc3C2)CCO1. The van der Waals surface area contributed by atoms with E-state index in [1.807, 2.05) is 52.5 Å². The Kier molecular flexibility index (Phi) is 5.00. The number of ether oxygens (including phenoxy) is 1. The Morgan fingerprint density at radius 1 is 1.18 bits per heavy atom.